The van der Waals surface area contributed by atoms with Gasteiger partial charge in [0.15, 0.2) is 0 Å². The highest BCUT2D eigenvalue weighted by atomic mass is 79.9. The molecule has 0 radical (unpaired) electrons. The predicted molar refractivity (Wildman–Crippen MR) is 107 cm³/mol. The van der Waals surface area contributed by atoms with E-state index in [9.17, 15) is 0 Å². The molecule has 1 nitrogen and oxygen atoms in total. The van der Waals surface area contributed by atoms with Crippen LogP contribution in [0.1, 0.15) is 47.9 Å². The van der Waals surface area contributed by atoms with Crippen molar-refractivity contribution in [1.82, 2.24) is 0 Å². The third kappa shape index (κ3) is 2.84. The van der Waals surface area contributed by atoms with E-state index in [0.717, 1.165) is 16.6 Å². The molecule has 0 aliphatic heterocycles. The van der Waals surface area contributed by atoms with Crippen molar-refractivity contribution >= 4 is 31.9 Å². The highest BCUT2D eigenvalue weighted by Gasteiger charge is 2.25. The van der Waals surface area contributed by atoms with Gasteiger partial charge in [-0.15, -0.1) is 0 Å². The lowest BCUT2D eigenvalue weighted by Crippen LogP contribution is -2.10. The van der Waals surface area contributed by atoms with Gasteiger partial charge in [0.05, 0.1) is 11.6 Å². The number of ether oxygens (including phenoxy) is 1. The zero-order valence-electron chi connectivity index (χ0n) is 14.1. The summed E-state index contributed by atoms with van der Waals surface area (Å²) < 4.78 is 8.14. The Morgan fingerprint density at radius 3 is 2.12 bits per heavy atom. The smallest absolute Gasteiger partial charge is 0.141 e. The molecule has 0 aromatic heterocycles. The fraction of sp³-hybridized carbons (Fsp3) is 0.429. The van der Waals surface area contributed by atoms with Crippen molar-refractivity contribution in [1.29, 1.82) is 0 Å². The van der Waals surface area contributed by atoms with E-state index >= 15 is 0 Å². The van der Waals surface area contributed by atoms with Gasteiger partial charge in [-0.05, 0) is 113 Å². The standard InChI is InChI=1S/C21H22Br2O/c1-24-21-19(23)11-14-7-3-5-9-17(14)20(21)18-12-15(22)10-13-6-2-4-8-16(13)18/h10-12H,2-9H2,1H3. The summed E-state index contributed by atoms with van der Waals surface area (Å²) >= 11 is 7.51. The summed E-state index contributed by atoms with van der Waals surface area (Å²) in [6.07, 6.45) is 9.89. The minimum atomic E-state index is 1.00. The molecule has 0 bridgehead atoms. The fourth-order valence-electron chi connectivity index (χ4n) is 4.38. The quantitative estimate of drug-likeness (QED) is 0.498. The normalized spacial score (nSPS) is 16.5. The molecule has 4 rings (SSSR count). The molecule has 2 aliphatic rings. The van der Waals surface area contributed by atoms with Gasteiger partial charge in [-0.3, -0.25) is 0 Å². The van der Waals surface area contributed by atoms with Crippen LogP contribution in [0.3, 0.4) is 0 Å². The minimum Gasteiger partial charge on any atom is -0.495 e. The number of rotatable bonds is 2. The van der Waals surface area contributed by atoms with Gasteiger partial charge < -0.3 is 4.74 Å². The highest BCUT2D eigenvalue weighted by Crippen LogP contribution is 2.46. The van der Waals surface area contributed by atoms with Gasteiger partial charge in [0.2, 0.25) is 0 Å². The summed E-state index contributed by atoms with van der Waals surface area (Å²) in [4.78, 5) is 0. The number of hydrogen-bond acceptors (Lipinski definition) is 1. The third-order valence-corrected chi connectivity index (χ3v) is 6.51. The molecule has 0 N–H and O–H groups in total. The van der Waals surface area contributed by atoms with Crippen molar-refractivity contribution in [3.63, 3.8) is 0 Å². The van der Waals surface area contributed by atoms with E-state index in [1.54, 1.807) is 7.11 Å². The molecule has 3 heteroatoms. The number of fused-ring (bicyclic) bond motifs is 2. The van der Waals surface area contributed by atoms with E-state index in [2.05, 4.69) is 50.1 Å². The van der Waals surface area contributed by atoms with Gasteiger partial charge in [0.25, 0.3) is 0 Å². The summed E-state index contributed by atoms with van der Waals surface area (Å²) in [6, 6.07) is 6.90. The van der Waals surface area contributed by atoms with Crippen LogP contribution in [0.2, 0.25) is 0 Å². The SMILES string of the molecule is COc1c(Br)cc2c(c1-c1cc(Br)cc3c1CCCC3)CCCC2. The van der Waals surface area contributed by atoms with Crippen LogP contribution in [0.4, 0.5) is 0 Å². The maximum Gasteiger partial charge on any atom is 0.141 e. The number of hydrogen-bond donors (Lipinski definition) is 0. The topological polar surface area (TPSA) is 9.23 Å². The van der Waals surface area contributed by atoms with Crippen LogP contribution in [-0.2, 0) is 25.7 Å². The summed E-state index contributed by atoms with van der Waals surface area (Å²) in [7, 11) is 1.79. The van der Waals surface area contributed by atoms with Gasteiger partial charge in [-0.25, -0.2) is 0 Å². The highest BCUT2D eigenvalue weighted by molar-refractivity contribution is 9.10. The molecule has 0 fully saturated rings. The largest absolute Gasteiger partial charge is 0.495 e. The first kappa shape index (κ1) is 16.7. The molecular formula is C21H22Br2O. The van der Waals surface area contributed by atoms with Crippen molar-refractivity contribution in [2.75, 3.05) is 7.11 Å². The van der Waals surface area contributed by atoms with Crippen molar-refractivity contribution in [3.05, 3.63) is 49.4 Å². The van der Waals surface area contributed by atoms with Crippen LogP contribution in [0, 0.1) is 0 Å². The number of methoxy groups -OCH3 is 1. The van der Waals surface area contributed by atoms with Crippen molar-refractivity contribution in [2.45, 2.75) is 51.4 Å². The number of aryl methyl sites for hydroxylation is 2. The van der Waals surface area contributed by atoms with E-state index in [0.29, 0.717) is 0 Å². The molecule has 0 unspecified atom stereocenters. The van der Waals surface area contributed by atoms with E-state index in [-0.39, 0.29) is 0 Å². The van der Waals surface area contributed by atoms with E-state index in [1.807, 2.05) is 0 Å². The molecule has 0 heterocycles. The third-order valence-electron chi connectivity index (χ3n) is 5.46. The maximum absolute atomic E-state index is 5.87. The maximum atomic E-state index is 5.87. The van der Waals surface area contributed by atoms with Crippen LogP contribution in [0.15, 0.2) is 27.1 Å². The Morgan fingerprint density at radius 2 is 1.42 bits per heavy atom. The predicted octanol–water partition coefficient (Wildman–Crippen LogP) is 6.64. The van der Waals surface area contributed by atoms with Crippen molar-refractivity contribution < 1.29 is 4.74 Å². The lowest BCUT2D eigenvalue weighted by atomic mass is 9.80. The molecule has 126 valence electrons. The Morgan fingerprint density at radius 1 is 0.792 bits per heavy atom. The fourth-order valence-corrected chi connectivity index (χ4v) is 5.53. The van der Waals surface area contributed by atoms with E-state index < -0.39 is 0 Å². The Balaban J connectivity index is 2.03. The van der Waals surface area contributed by atoms with E-state index in [4.69, 9.17) is 4.74 Å². The van der Waals surface area contributed by atoms with Crippen LogP contribution in [-0.4, -0.2) is 7.11 Å². The van der Waals surface area contributed by atoms with Gasteiger partial charge >= 0.3 is 0 Å². The molecule has 0 spiro atoms. The summed E-state index contributed by atoms with van der Waals surface area (Å²) in [5, 5.41) is 0. The second-order valence-electron chi connectivity index (χ2n) is 6.91. The van der Waals surface area contributed by atoms with Crippen LogP contribution >= 0.6 is 31.9 Å². The Hall–Kier alpha value is -0.800. The van der Waals surface area contributed by atoms with Crippen LogP contribution in [0.25, 0.3) is 11.1 Å². The van der Waals surface area contributed by atoms with Crippen LogP contribution in [0.5, 0.6) is 5.75 Å². The Labute approximate surface area is 161 Å². The number of benzene rings is 2. The Bertz CT molecular complexity index is 795. The van der Waals surface area contributed by atoms with Gasteiger partial charge in [-0.2, -0.15) is 0 Å². The van der Waals surface area contributed by atoms with Crippen LogP contribution < -0.4 is 4.74 Å². The van der Waals surface area contributed by atoms with Crippen molar-refractivity contribution in [3.8, 4) is 16.9 Å². The van der Waals surface area contributed by atoms with E-state index in [1.165, 1.54) is 82.8 Å². The molecule has 2 aromatic rings. The molecule has 0 saturated heterocycles. The molecule has 0 atom stereocenters. The lowest BCUT2D eigenvalue weighted by molar-refractivity contribution is 0.412. The minimum absolute atomic E-state index is 1.00. The molecular weight excluding hydrogens is 428 g/mol. The molecule has 2 aliphatic carbocycles. The monoisotopic (exact) mass is 448 g/mol. The second-order valence-corrected chi connectivity index (χ2v) is 8.68. The first-order valence-corrected chi connectivity index (χ1v) is 10.5. The average molecular weight is 450 g/mol. The first-order valence-electron chi connectivity index (χ1n) is 8.89. The molecule has 24 heavy (non-hydrogen) atoms. The van der Waals surface area contributed by atoms with Gasteiger partial charge in [-0.1, -0.05) is 15.9 Å². The van der Waals surface area contributed by atoms with Gasteiger partial charge in [0, 0.05) is 10.0 Å². The molecule has 0 amide bonds. The number of halogens is 2. The van der Waals surface area contributed by atoms with Crippen molar-refractivity contribution in [2.24, 2.45) is 0 Å². The zero-order chi connectivity index (χ0) is 16.7. The molecule has 0 saturated carbocycles. The Kier molecular flexibility index (Phi) is 4.75. The lowest BCUT2D eigenvalue weighted by Gasteiger charge is -2.27. The summed E-state index contributed by atoms with van der Waals surface area (Å²) in [5.41, 5.74) is 8.77. The van der Waals surface area contributed by atoms with Gasteiger partial charge in [0.1, 0.15) is 5.75 Å². The second kappa shape index (κ2) is 6.84. The zero-order valence-corrected chi connectivity index (χ0v) is 17.2. The summed E-state index contributed by atoms with van der Waals surface area (Å²) in [5.74, 6) is 1.00. The first-order chi connectivity index (χ1) is 11.7. The average Bonchev–Trinajstić information content (AvgIpc) is 2.59. The summed E-state index contributed by atoms with van der Waals surface area (Å²) in [6.45, 7) is 0. The molecule has 2 aromatic carbocycles.